The summed E-state index contributed by atoms with van der Waals surface area (Å²) in [6.07, 6.45) is 0. The summed E-state index contributed by atoms with van der Waals surface area (Å²) in [4.78, 5) is 0. The molecule has 0 unspecified atom stereocenters. The van der Waals surface area contributed by atoms with E-state index in [4.69, 9.17) is 4.74 Å². The van der Waals surface area contributed by atoms with Gasteiger partial charge in [-0.1, -0.05) is 33.8 Å². The molecule has 0 aliphatic carbocycles. The van der Waals surface area contributed by atoms with Gasteiger partial charge in [0.15, 0.2) is 0 Å². The second-order valence-electron chi connectivity index (χ2n) is 5.33. The summed E-state index contributed by atoms with van der Waals surface area (Å²) in [6.45, 7) is 11.2. The summed E-state index contributed by atoms with van der Waals surface area (Å²) < 4.78 is 5.51. The van der Waals surface area contributed by atoms with E-state index in [0.717, 1.165) is 17.2 Å². The highest BCUT2D eigenvalue weighted by atomic mass is 16.5. The van der Waals surface area contributed by atoms with E-state index in [0.29, 0.717) is 6.61 Å². The lowest BCUT2D eigenvalue weighted by atomic mass is 9.80. The Kier molecular flexibility index (Phi) is 4.58. The highest BCUT2D eigenvalue weighted by molar-refractivity contribution is 5.46. The van der Waals surface area contributed by atoms with Crippen LogP contribution in [-0.4, -0.2) is 18.3 Å². The number of hydrogen-bond donors (Lipinski definition) is 1. The van der Waals surface area contributed by atoms with Crippen molar-refractivity contribution in [3.8, 4) is 5.75 Å². The molecule has 0 fully saturated rings. The molecule has 0 bridgehead atoms. The Hall–Kier alpha value is -1.02. The van der Waals surface area contributed by atoms with Gasteiger partial charge >= 0.3 is 0 Å². The Balaban J connectivity index is 3.22. The van der Waals surface area contributed by atoms with Gasteiger partial charge in [-0.05, 0) is 35.6 Å². The maximum atomic E-state index is 9.32. The molecule has 0 atom stereocenters. The largest absolute Gasteiger partial charge is 0.494 e. The van der Waals surface area contributed by atoms with Gasteiger partial charge in [0.1, 0.15) is 5.75 Å². The van der Waals surface area contributed by atoms with Crippen LogP contribution in [0.15, 0.2) is 18.2 Å². The van der Waals surface area contributed by atoms with Gasteiger partial charge in [-0.15, -0.1) is 0 Å². The summed E-state index contributed by atoms with van der Waals surface area (Å²) in [5.41, 5.74) is 2.41. The molecule has 0 saturated carbocycles. The second kappa shape index (κ2) is 5.54. The lowest BCUT2D eigenvalue weighted by molar-refractivity contribution is 0.313. The fraction of sp³-hybridized carbons (Fsp3) is 0.533. The van der Waals surface area contributed by atoms with Crippen LogP contribution in [0.5, 0.6) is 5.75 Å². The van der Waals surface area contributed by atoms with Crippen LogP contribution in [0, 0.1) is 5.92 Å². The van der Waals surface area contributed by atoms with Crippen LogP contribution in [0.2, 0.25) is 0 Å². The number of ether oxygens (including phenoxy) is 1. The average molecular weight is 235 g/mol. The molecule has 0 amide bonds. The van der Waals surface area contributed by atoms with Crippen molar-refractivity contribution in [2.45, 2.75) is 40.0 Å². The molecule has 0 spiro atoms. The number of aliphatic hydroxyl groups is 1. The average Bonchev–Trinajstić information content (AvgIpc) is 2.27. The van der Waals surface area contributed by atoms with Gasteiger partial charge in [0, 0.05) is 5.92 Å². The predicted octanol–water partition coefficient (Wildman–Crippen LogP) is 3.32. The summed E-state index contributed by atoms with van der Waals surface area (Å²) in [6, 6.07) is 6.12. The lowest BCUT2D eigenvalue weighted by Crippen LogP contribution is -2.17. The van der Waals surface area contributed by atoms with Gasteiger partial charge in [0.2, 0.25) is 0 Å². The third-order valence-corrected chi connectivity index (χ3v) is 2.81. The minimum atomic E-state index is 0.0660. The minimum absolute atomic E-state index is 0.0660. The molecular formula is C15H23O2. The maximum absolute atomic E-state index is 9.32. The Morgan fingerprint density at radius 3 is 2.41 bits per heavy atom. The van der Waals surface area contributed by atoms with E-state index >= 15 is 0 Å². The Morgan fingerprint density at radius 2 is 1.94 bits per heavy atom. The van der Waals surface area contributed by atoms with Crippen LogP contribution >= 0.6 is 0 Å². The number of hydrogen-bond acceptors (Lipinski definition) is 2. The standard InChI is InChI=1S/C15H23O2/c1-6-17-12-7-8-14(15(3,4)5)13(9-12)11(2)10-16/h7-9,16H,6,10H2,1-5H3. The maximum Gasteiger partial charge on any atom is 0.119 e. The predicted molar refractivity (Wildman–Crippen MR) is 71.4 cm³/mol. The third kappa shape index (κ3) is 3.47. The SMILES string of the molecule is CCOc1ccc(C(C)(C)C)c([C](C)CO)c1. The van der Waals surface area contributed by atoms with Crippen molar-refractivity contribution in [1.82, 2.24) is 0 Å². The zero-order chi connectivity index (χ0) is 13.1. The summed E-state index contributed by atoms with van der Waals surface area (Å²) in [5, 5.41) is 9.32. The molecule has 17 heavy (non-hydrogen) atoms. The van der Waals surface area contributed by atoms with E-state index in [1.807, 2.05) is 26.0 Å². The molecule has 1 aromatic carbocycles. The van der Waals surface area contributed by atoms with Gasteiger partial charge in [-0.3, -0.25) is 0 Å². The first kappa shape index (κ1) is 14.0. The number of benzene rings is 1. The van der Waals surface area contributed by atoms with E-state index in [-0.39, 0.29) is 12.0 Å². The number of aliphatic hydroxyl groups excluding tert-OH is 1. The molecule has 0 aliphatic rings. The van der Waals surface area contributed by atoms with E-state index in [1.165, 1.54) is 5.56 Å². The zero-order valence-corrected chi connectivity index (χ0v) is 11.5. The van der Waals surface area contributed by atoms with Crippen LogP contribution in [0.25, 0.3) is 0 Å². The van der Waals surface area contributed by atoms with E-state index in [1.54, 1.807) is 0 Å². The summed E-state index contributed by atoms with van der Waals surface area (Å²) in [5.74, 6) is 1.85. The van der Waals surface area contributed by atoms with Crippen molar-refractivity contribution in [2.75, 3.05) is 13.2 Å². The first-order valence-corrected chi connectivity index (χ1v) is 6.11. The third-order valence-electron chi connectivity index (χ3n) is 2.81. The molecule has 1 rings (SSSR count). The minimum Gasteiger partial charge on any atom is -0.494 e. The van der Waals surface area contributed by atoms with Crippen LogP contribution < -0.4 is 4.74 Å². The molecule has 0 saturated heterocycles. The van der Waals surface area contributed by atoms with E-state index in [9.17, 15) is 5.11 Å². The molecule has 95 valence electrons. The molecule has 0 aliphatic heterocycles. The molecule has 0 aromatic heterocycles. The van der Waals surface area contributed by atoms with Crippen molar-refractivity contribution in [3.63, 3.8) is 0 Å². The Bertz CT molecular complexity index is 364. The van der Waals surface area contributed by atoms with Crippen LogP contribution in [0.1, 0.15) is 45.7 Å². The Labute approximate surface area is 105 Å². The smallest absolute Gasteiger partial charge is 0.119 e. The Morgan fingerprint density at radius 1 is 1.29 bits per heavy atom. The topological polar surface area (TPSA) is 29.5 Å². The summed E-state index contributed by atoms with van der Waals surface area (Å²) in [7, 11) is 0. The van der Waals surface area contributed by atoms with Gasteiger partial charge < -0.3 is 9.84 Å². The highest BCUT2D eigenvalue weighted by Crippen LogP contribution is 2.32. The van der Waals surface area contributed by atoms with Crippen molar-refractivity contribution in [1.29, 1.82) is 0 Å². The normalized spacial score (nSPS) is 11.9. The first-order valence-electron chi connectivity index (χ1n) is 6.11. The van der Waals surface area contributed by atoms with Crippen molar-refractivity contribution < 1.29 is 9.84 Å². The van der Waals surface area contributed by atoms with Crippen LogP contribution in [0.4, 0.5) is 0 Å². The van der Waals surface area contributed by atoms with E-state index < -0.39 is 0 Å². The van der Waals surface area contributed by atoms with Gasteiger partial charge in [-0.2, -0.15) is 0 Å². The number of rotatable bonds is 4. The molecular weight excluding hydrogens is 212 g/mol. The second-order valence-corrected chi connectivity index (χ2v) is 5.33. The van der Waals surface area contributed by atoms with Gasteiger partial charge in [0.05, 0.1) is 13.2 Å². The summed E-state index contributed by atoms with van der Waals surface area (Å²) >= 11 is 0. The molecule has 1 N–H and O–H groups in total. The van der Waals surface area contributed by atoms with Gasteiger partial charge in [0.25, 0.3) is 0 Å². The van der Waals surface area contributed by atoms with Crippen molar-refractivity contribution >= 4 is 0 Å². The van der Waals surface area contributed by atoms with Crippen LogP contribution in [-0.2, 0) is 5.41 Å². The van der Waals surface area contributed by atoms with Crippen molar-refractivity contribution in [3.05, 3.63) is 35.2 Å². The molecule has 2 heteroatoms. The zero-order valence-electron chi connectivity index (χ0n) is 11.5. The fourth-order valence-corrected chi connectivity index (χ4v) is 1.87. The van der Waals surface area contributed by atoms with Crippen molar-refractivity contribution in [2.24, 2.45) is 0 Å². The lowest BCUT2D eigenvalue weighted by Gasteiger charge is -2.25. The van der Waals surface area contributed by atoms with E-state index in [2.05, 4.69) is 26.8 Å². The first-order chi connectivity index (χ1) is 7.90. The fourth-order valence-electron chi connectivity index (χ4n) is 1.87. The monoisotopic (exact) mass is 235 g/mol. The molecule has 1 aromatic rings. The van der Waals surface area contributed by atoms with Crippen LogP contribution in [0.3, 0.4) is 0 Å². The molecule has 1 radical (unpaired) electrons. The van der Waals surface area contributed by atoms with Gasteiger partial charge in [-0.25, -0.2) is 0 Å². The molecule has 2 nitrogen and oxygen atoms in total. The molecule has 0 heterocycles. The highest BCUT2D eigenvalue weighted by Gasteiger charge is 2.21. The quantitative estimate of drug-likeness (QED) is 0.867.